The van der Waals surface area contributed by atoms with Crippen LogP contribution in [0.5, 0.6) is 0 Å². The third-order valence-corrected chi connectivity index (χ3v) is 5.71. The lowest BCUT2D eigenvalue weighted by atomic mass is 10.0. The van der Waals surface area contributed by atoms with E-state index in [-0.39, 0.29) is 48.1 Å². The molecular formula is C22H30N4O4. The number of nitrogens with zero attached hydrogens (tertiary/aromatic N) is 2. The molecule has 2 N–H and O–H groups in total. The Kier molecular flexibility index (Phi) is 6.74. The van der Waals surface area contributed by atoms with Gasteiger partial charge in [0.2, 0.25) is 17.7 Å². The third kappa shape index (κ3) is 5.17. The largest absolute Gasteiger partial charge is 0.353 e. The maximum absolute atomic E-state index is 12.8. The van der Waals surface area contributed by atoms with Crippen LogP contribution in [-0.4, -0.2) is 65.1 Å². The van der Waals surface area contributed by atoms with Gasteiger partial charge in [0.15, 0.2) is 0 Å². The molecule has 1 atom stereocenters. The second-order valence-electron chi connectivity index (χ2n) is 8.38. The summed E-state index contributed by atoms with van der Waals surface area (Å²) in [6.07, 6.45) is 1.63. The molecule has 1 aromatic carbocycles. The van der Waals surface area contributed by atoms with E-state index in [1.165, 1.54) is 6.92 Å². The quantitative estimate of drug-likeness (QED) is 0.765. The highest BCUT2D eigenvalue weighted by atomic mass is 16.2. The second-order valence-corrected chi connectivity index (χ2v) is 8.38. The topological polar surface area (TPSA) is 98.8 Å². The normalized spacial score (nSPS) is 19.9. The highest BCUT2D eigenvalue weighted by Gasteiger charge is 2.36. The standard InChI is InChI=1S/C22H30N4O4/c1-14(2)26-13-17(12-20(26)28)21(29)24-18-7-9-25(10-8-18)22(30)16-5-4-6-19(11-16)23-15(3)27/h4-6,11,14,17-18H,7-10,12-13H2,1-3H3,(H,23,27)(H,24,29). The molecule has 0 aliphatic carbocycles. The van der Waals surface area contributed by atoms with Crippen LogP contribution in [0.2, 0.25) is 0 Å². The van der Waals surface area contributed by atoms with E-state index >= 15 is 0 Å². The predicted octanol–water partition coefficient (Wildman–Crippen LogP) is 1.62. The minimum absolute atomic E-state index is 0.00969. The van der Waals surface area contributed by atoms with E-state index in [4.69, 9.17) is 0 Å². The van der Waals surface area contributed by atoms with Crippen LogP contribution in [0.3, 0.4) is 0 Å². The van der Waals surface area contributed by atoms with Crippen molar-refractivity contribution in [1.29, 1.82) is 0 Å². The van der Waals surface area contributed by atoms with Gasteiger partial charge >= 0.3 is 0 Å². The number of piperidine rings is 1. The Balaban J connectivity index is 1.50. The number of amides is 4. The van der Waals surface area contributed by atoms with E-state index in [9.17, 15) is 19.2 Å². The summed E-state index contributed by atoms with van der Waals surface area (Å²) >= 11 is 0. The Morgan fingerprint density at radius 1 is 1.13 bits per heavy atom. The van der Waals surface area contributed by atoms with Crippen LogP contribution in [0, 0.1) is 5.92 Å². The van der Waals surface area contributed by atoms with Gasteiger partial charge in [-0.3, -0.25) is 19.2 Å². The smallest absolute Gasteiger partial charge is 0.253 e. The molecule has 4 amide bonds. The average Bonchev–Trinajstić information content (AvgIpc) is 3.10. The summed E-state index contributed by atoms with van der Waals surface area (Å²) in [5.41, 5.74) is 1.12. The van der Waals surface area contributed by atoms with Gasteiger partial charge in [0, 0.05) is 56.3 Å². The molecule has 2 aliphatic rings. The highest BCUT2D eigenvalue weighted by Crippen LogP contribution is 2.22. The molecule has 0 spiro atoms. The van der Waals surface area contributed by atoms with E-state index in [1.54, 1.807) is 34.1 Å². The first-order chi connectivity index (χ1) is 14.2. The fraction of sp³-hybridized carbons (Fsp3) is 0.545. The van der Waals surface area contributed by atoms with Crippen molar-refractivity contribution >= 4 is 29.3 Å². The summed E-state index contributed by atoms with van der Waals surface area (Å²) in [4.78, 5) is 52.2. The predicted molar refractivity (Wildman–Crippen MR) is 113 cm³/mol. The summed E-state index contributed by atoms with van der Waals surface area (Å²) in [5, 5.41) is 5.75. The SMILES string of the molecule is CC(=O)Nc1cccc(C(=O)N2CCC(NC(=O)C3CC(=O)N(C(C)C)C3)CC2)c1. The Labute approximate surface area is 177 Å². The van der Waals surface area contributed by atoms with Crippen LogP contribution in [0.15, 0.2) is 24.3 Å². The van der Waals surface area contributed by atoms with Gasteiger partial charge in [-0.1, -0.05) is 6.07 Å². The fourth-order valence-electron chi connectivity index (χ4n) is 4.07. The van der Waals surface area contributed by atoms with Gasteiger partial charge in [-0.15, -0.1) is 0 Å². The van der Waals surface area contributed by atoms with Crippen molar-refractivity contribution in [3.8, 4) is 0 Å². The van der Waals surface area contributed by atoms with Crippen molar-refractivity contribution in [3.05, 3.63) is 29.8 Å². The number of nitrogens with one attached hydrogen (secondary N) is 2. The van der Waals surface area contributed by atoms with Crippen LogP contribution in [0.4, 0.5) is 5.69 Å². The van der Waals surface area contributed by atoms with Gasteiger partial charge in [0.25, 0.3) is 5.91 Å². The van der Waals surface area contributed by atoms with E-state index in [0.29, 0.717) is 43.7 Å². The first kappa shape index (κ1) is 21.8. The maximum Gasteiger partial charge on any atom is 0.253 e. The minimum atomic E-state index is -0.295. The van der Waals surface area contributed by atoms with Gasteiger partial charge in [-0.25, -0.2) is 0 Å². The van der Waals surface area contributed by atoms with Gasteiger partial charge < -0.3 is 20.4 Å². The molecule has 2 fully saturated rings. The molecular weight excluding hydrogens is 384 g/mol. The molecule has 2 heterocycles. The van der Waals surface area contributed by atoms with Gasteiger partial charge in [0.1, 0.15) is 0 Å². The Morgan fingerprint density at radius 2 is 1.83 bits per heavy atom. The summed E-state index contributed by atoms with van der Waals surface area (Å²) in [5.74, 6) is -0.597. The molecule has 0 bridgehead atoms. The van der Waals surface area contributed by atoms with E-state index in [1.807, 2.05) is 13.8 Å². The number of rotatable bonds is 5. The van der Waals surface area contributed by atoms with Crippen LogP contribution >= 0.6 is 0 Å². The zero-order valence-electron chi connectivity index (χ0n) is 17.8. The number of benzene rings is 1. The molecule has 8 heteroatoms. The maximum atomic E-state index is 12.8. The molecule has 1 unspecified atom stereocenters. The summed E-state index contributed by atoms with van der Waals surface area (Å²) < 4.78 is 0. The second kappa shape index (κ2) is 9.28. The molecule has 1 aromatic rings. The van der Waals surface area contributed by atoms with E-state index < -0.39 is 0 Å². The first-order valence-corrected chi connectivity index (χ1v) is 10.5. The zero-order chi connectivity index (χ0) is 21.8. The summed E-state index contributed by atoms with van der Waals surface area (Å²) in [6, 6.07) is 7.01. The van der Waals surface area contributed by atoms with Crippen LogP contribution < -0.4 is 10.6 Å². The monoisotopic (exact) mass is 414 g/mol. The lowest BCUT2D eigenvalue weighted by molar-refractivity contribution is -0.130. The molecule has 8 nitrogen and oxygen atoms in total. The van der Waals surface area contributed by atoms with Crippen LogP contribution in [0.1, 0.15) is 50.4 Å². The van der Waals surface area contributed by atoms with Gasteiger partial charge in [0.05, 0.1) is 5.92 Å². The van der Waals surface area contributed by atoms with Gasteiger partial charge in [-0.2, -0.15) is 0 Å². The van der Waals surface area contributed by atoms with Crippen molar-refractivity contribution in [3.63, 3.8) is 0 Å². The molecule has 3 rings (SSSR count). The Hall–Kier alpha value is -2.90. The molecule has 2 aliphatic heterocycles. The Morgan fingerprint density at radius 3 is 2.43 bits per heavy atom. The number of likely N-dealkylation sites (tertiary alicyclic amines) is 2. The minimum Gasteiger partial charge on any atom is -0.353 e. The van der Waals surface area contributed by atoms with E-state index in [2.05, 4.69) is 10.6 Å². The lowest BCUT2D eigenvalue weighted by Crippen LogP contribution is -2.48. The van der Waals surface area contributed by atoms with Crippen molar-refractivity contribution in [2.24, 2.45) is 5.92 Å². The number of anilines is 1. The molecule has 0 radical (unpaired) electrons. The molecule has 0 saturated carbocycles. The molecule has 0 aromatic heterocycles. The van der Waals surface area contributed by atoms with Crippen LogP contribution in [0.25, 0.3) is 0 Å². The number of hydrogen-bond donors (Lipinski definition) is 2. The Bertz CT molecular complexity index is 830. The number of carbonyl (C=O) groups excluding carboxylic acids is 4. The number of hydrogen-bond acceptors (Lipinski definition) is 4. The first-order valence-electron chi connectivity index (χ1n) is 10.5. The molecule has 30 heavy (non-hydrogen) atoms. The van der Waals surface area contributed by atoms with Crippen molar-refractivity contribution in [2.45, 2.75) is 52.1 Å². The number of carbonyl (C=O) groups is 4. The van der Waals surface area contributed by atoms with Gasteiger partial charge in [-0.05, 0) is 44.9 Å². The highest BCUT2D eigenvalue weighted by molar-refractivity contribution is 5.97. The average molecular weight is 415 g/mol. The molecule has 162 valence electrons. The lowest BCUT2D eigenvalue weighted by Gasteiger charge is -2.33. The summed E-state index contributed by atoms with van der Waals surface area (Å²) in [6.45, 7) is 6.92. The molecule has 2 saturated heterocycles. The van der Waals surface area contributed by atoms with Crippen LogP contribution in [-0.2, 0) is 14.4 Å². The van der Waals surface area contributed by atoms with Crippen molar-refractivity contribution in [2.75, 3.05) is 25.0 Å². The fourth-order valence-corrected chi connectivity index (χ4v) is 4.07. The van der Waals surface area contributed by atoms with E-state index in [0.717, 1.165) is 0 Å². The zero-order valence-corrected chi connectivity index (χ0v) is 17.8. The third-order valence-electron chi connectivity index (χ3n) is 5.71. The van der Waals surface area contributed by atoms with Crippen molar-refractivity contribution < 1.29 is 19.2 Å². The van der Waals surface area contributed by atoms with Crippen molar-refractivity contribution in [1.82, 2.24) is 15.1 Å². The summed E-state index contributed by atoms with van der Waals surface area (Å²) in [7, 11) is 0.